The second kappa shape index (κ2) is 14.1. The molecule has 7 nitrogen and oxygen atoms in total. The second-order valence-corrected chi connectivity index (χ2v) is 23.1. The Morgan fingerprint density at radius 2 is 1.85 bits per heavy atom. The first-order chi connectivity index (χ1) is 27.0. The van der Waals surface area contributed by atoms with E-state index in [2.05, 4.69) is 64.5 Å². The lowest BCUT2D eigenvalue weighted by molar-refractivity contribution is 0.108. The van der Waals surface area contributed by atoms with Crippen LogP contribution < -0.4 is 15.4 Å². The first-order valence-electron chi connectivity index (χ1n) is 21.2. The molecule has 10 heteroatoms. The van der Waals surface area contributed by atoms with E-state index in [0.29, 0.717) is 92.7 Å². The van der Waals surface area contributed by atoms with E-state index in [1.54, 1.807) is 12.3 Å². The predicted octanol–water partition coefficient (Wildman–Crippen LogP) is 9.94. The Hall–Kier alpha value is -4.07. The minimum Gasteiger partial charge on any atom is -0.461 e. The number of nitrogen functional groups attached to an aromatic ring is 1. The van der Waals surface area contributed by atoms with Crippen LogP contribution in [0.3, 0.4) is 0 Å². The number of aromatic nitrogens is 3. The van der Waals surface area contributed by atoms with E-state index >= 15 is 8.78 Å². The summed E-state index contributed by atoms with van der Waals surface area (Å²) in [6, 6.07) is 6.44. The molecule has 4 atom stereocenters. The lowest BCUT2D eigenvalue weighted by Gasteiger charge is -2.38. The fourth-order valence-electron chi connectivity index (χ4n) is 10.6. The average Bonchev–Trinajstić information content (AvgIpc) is 3.50. The molecule has 8 rings (SSSR count). The Morgan fingerprint density at radius 3 is 2.60 bits per heavy atom. The molecule has 290 valence electrons. The van der Waals surface area contributed by atoms with Crippen LogP contribution in [0.25, 0.3) is 32.9 Å². The monoisotopic (exact) mass is 764 g/mol. The summed E-state index contributed by atoms with van der Waals surface area (Å²) in [6.45, 7) is 19.4. The van der Waals surface area contributed by atoms with Crippen molar-refractivity contribution in [3.8, 4) is 28.7 Å². The number of ether oxygens (including phenoxy) is 1. The fraction of sp³-hybridized carbons (Fsp3) is 0.533. The zero-order valence-electron chi connectivity index (χ0n) is 35.4. The second-order valence-electron chi connectivity index (χ2n) is 17.5. The maximum atomic E-state index is 16.2. The molecule has 5 heterocycles. The summed E-state index contributed by atoms with van der Waals surface area (Å²) in [5.41, 5.74) is 14.7. The van der Waals surface area contributed by atoms with Crippen molar-refractivity contribution in [3.63, 3.8) is 0 Å². The smallest absolute Gasteiger partial charge is 0.319 e. The third-order valence-corrected chi connectivity index (χ3v) is 19.6. The molecular weight excluding hydrogens is 707 g/mol. The van der Waals surface area contributed by atoms with Crippen molar-refractivity contribution in [1.29, 1.82) is 0 Å². The average molecular weight is 765 g/mol. The minimum absolute atomic E-state index is 0.0749. The molecule has 0 bridgehead atoms. The van der Waals surface area contributed by atoms with Gasteiger partial charge < -0.3 is 15.4 Å². The molecule has 4 aliphatic rings. The number of halogens is 2. The number of anilines is 2. The summed E-state index contributed by atoms with van der Waals surface area (Å²) in [5, 5.41) is 2.00. The van der Waals surface area contributed by atoms with Crippen molar-refractivity contribution in [2.24, 2.45) is 5.92 Å². The van der Waals surface area contributed by atoms with Gasteiger partial charge in [0.05, 0.1) is 36.5 Å². The van der Waals surface area contributed by atoms with Crippen molar-refractivity contribution >= 4 is 41.3 Å². The number of hydrogen-bond acceptors (Lipinski definition) is 7. The highest BCUT2D eigenvalue weighted by molar-refractivity contribution is 6.90. The highest BCUT2D eigenvalue weighted by atomic mass is 28.3. The van der Waals surface area contributed by atoms with Crippen molar-refractivity contribution in [1.82, 2.24) is 19.9 Å². The van der Waals surface area contributed by atoms with Crippen LogP contribution in [0.15, 0.2) is 42.6 Å². The fourth-order valence-corrected chi connectivity index (χ4v) is 15.8. The lowest BCUT2D eigenvalue weighted by atomic mass is 9.94. The molecule has 0 amide bonds. The van der Waals surface area contributed by atoms with E-state index in [4.69, 9.17) is 25.4 Å². The zero-order chi connectivity index (χ0) is 40.8. The molecule has 3 aliphatic heterocycles. The van der Waals surface area contributed by atoms with E-state index in [0.717, 1.165) is 43.2 Å². The Labute approximate surface area is 329 Å². The van der Waals surface area contributed by atoms with Crippen LogP contribution in [0.5, 0.6) is 6.01 Å². The van der Waals surface area contributed by atoms with Gasteiger partial charge in [-0.1, -0.05) is 72.1 Å². The highest BCUT2D eigenvalue weighted by Crippen LogP contribution is 2.49. The van der Waals surface area contributed by atoms with Gasteiger partial charge in [0.15, 0.2) is 0 Å². The van der Waals surface area contributed by atoms with Gasteiger partial charge in [0.2, 0.25) is 0 Å². The summed E-state index contributed by atoms with van der Waals surface area (Å²) in [5.74, 6) is 3.42. The van der Waals surface area contributed by atoms with Crippen LogP contribution in [0.4, 0.5) is 20.3 Å². The number of fused-ring (bicyclic) bond motifs is 4. The summed E-state index contributed by atoms with van der Waals surface area (Å²) >= 11 is 0. The first-order valence-corrected chi connectivity index (χ1v) is 22.5. The van der Waals surface area contributed by atoms with Crippen molar-refractivity contribution in [2.45, 2.75) is 121 Å². The normalized spacial score (nSPS) is 24.9. The summed E-state index contributed by atoms with van der Waals surface area (Å²) in [7, 11) is -2.23. The quantitative estimate of drug-likeness (QED) is 0.0828. The Balaban J connectivity index is 1.33. The largest absolute Gasteiger partial charge is 0.461 e. The number of nitrogens with zero attached hydrogens (tertiary/aromatic N) is 5. The summed E-state index contributed by atoms with van der Waals surface area (Å²) in [6.07, 6.45) is 5.36. The molecule has 1 aliphatic carbocycles. The molecule has 0 radical (unpaired) electrons. The number of aryl methyl sites for hydroxylation is 1. The lowest BCUT2D eigenvalue weighted by Crippen LogP contribution is -2.43. The minimum atomic E-state index is -2.23. The van der Waals surface area contributed by atoms with Crippen LogP contribution in [0.1, 0.15) is 93.9 Å². The number of pyridine rings is 1. The molecule has 55 heavy (non-hydrogen) atoms. The van der Waals surface area contributed by atoms with Gasteiger partial charge in [-0.3, -0.25) is 9.88 Å². The van der Waals surface area contributed by atoms with Gasteiger partial charge in [-0.05, 0) is 85.8 Å². The topological polar surface area (TPSA) is 80.4 Å². The van der Waals surface area contributed by atoms with Crippen molar-refractivity contribution in [2.75, 3.05) is 36.8 Å². The van der Waals surface area contributed by atoms with Gasteiger partial charge in [-0.15, -0.1) is 5.54 Å². The van der Waals surface area contributed by atoms with Gasteiger partial charge in [0, 0.05) is 47.4 Å². The van der Waals surface area contributed by atoms with Crippen LogP contribution in [0, 0.1) is 30.1 Å². The number of benzene rings is 2. The summed E-state index contributed by atoms with van der Waals surface area (Å²) < 4.78 is 56.7. The molecule has 2 aromatic carbocycles. The van der Waals surface area contributed by atoms with E-state index in [-0.39, 0.29) is 18.0 Å². The SMILES string of the molecule is [2H]C([2H])(Oc1nc(N2CCCC[C@H]3[C@H](F)[C@H]32)c2cnc(-c3cc(N)cc4ccc(F)c(C#C[Si](C(C)C)(C(C)C)C(C)C)c34)c(C)c2n1)[C@@]12CCCN1CC(=C)C2. The third-order valence-electron chi connectivity index (χ3n) is 13.3. The Kier molecular flexibility index (Phi) is 9.09. The van der Waals surface area contributed by atoms with E-state index in [9.17, 15) is 2.74 Å². The van der Waals surface area contributed by atoms with Crippen LogP contribution in [-0.4, -0.2) is 71.9 Å². The number of alkyl halides is 1. The molecule has 1 saturated carbocycles. The van der Waals surface area contributed by atoms with E-state index in [1.807, 2.05) is 24.0 Å². The van der Waals surface area contributed by atoms with E-state index < -0.39 is 32.2 Å². The number of nitrogens with two attached hydrogens (primary N) is 1. The van der Waals surface area contributed by atoms with Gasteiger partial charge in [0.1, 0.15) is 32.4 Å². The molecule has 3 saturated heterocycles. The van der Waals surface area contributed by atoms with Crippen LogP contribution in [0.2, 0.25) is 16.6 Å². The zero-order valence-corrected chi connectivity index (χ0v) is 34.4. The maximum absolute atomic E-state index is 16.2. The predicted molar refractivity (Wildman–Crippen MR) is 223 cm³/mol. The molecule has 4 aromatic rings. The van der Waals surface area contributed by atoms with Crippen LogP contribution >= 0.6 is 0 Å². The standard InChI is InChI=1S/C45H56F2N6OSi/c1-26(2)55(27(3)4,28(5)6)19-15-33-37(46)14-13-31-20-32(48)21-35(38(31)33)40-30(8)41-36(23-49-40)43(53-18-10-9-12-34-39(47)42(34)53)51-44(50-41)54-25-45-16-11-17-52(45)24-29(7)22-45/h13-14,20-21,23,26-28,34,39,42H,7,9-12,16-18,22,24-25,48H2,1-6,8H3/t34-,39-,42-,45-/m0/s1/i25D2. The van der Waals surface area contributed by atoms with Gasteiger partial charge in [-0.2, -0.15) is 9.97 Å². The molecule has 2 N–H and O–H groups in total. The first kappa shape index (κ1) is 35.3. The third kappa shape index (κ3) is 6.30. The van der Waals surface area contributed by atoms with Gasteiger partial charge in [0.25, 0.3) is 0 Å². The van der Waals surface area contributed by atoms with E-state index in [1.165, 1.54) is 6.07 Å². The molecule has 4 fully saturated rings. The van der Waals surface area contributed by atoms with Crippen molar-refractivity contribution in [3.05, 3.63) is 59.6 Å². The molecule has 2 aromatic heterocycles. The van der Waals surface area contributed by atoms with Crippen molar-refractivity contribution < 1.29 is 16.3 Å². The van der Waals surface area contributed by atoms with Crippen LogP contribution in [-0.2, 0) is 0 Å². The Bertz CT molecular complexity index is 2320. The number of rotatable bonds is 8. The van der Waals surface area contributed by atoms with Gasteiger partial charge >= 0.3 is 6.01 Å². The summed E-state index contributed by atoms with van der Waals surface area (Å²) in [4.78, 5) is 19.1. The maximum Gasteiger partial charge on any atom is 0.319 e. The molecule has 0 unspecified atom stereocenters. The molecule has 0 spiro atoms. The Morgan fingerprint density at radius 1 is 1.09 bits per heavy atom. The van der Waals surface area contributed by atoms with Gasteiger partial charge in [-0.25, -0.2) is 8.78 Å². The number of hydrogen-bond donors (Lipinski definition) is 1. The molecular formula is C45H56F2N6OSi. The highest BCUT2D eigenvalue weighted by Gasteiger charge is 2.55.